The molecule has 8 aromatic carbocycles. The first-order valence-electron chi connectivity index (χ1n) is 18.0. The molecule has 0 amide bonds. The van der Waals surface area contributed by atoms with Crippen LogP contribution in [0.1, 0.15) is 0 Å². The van der Waals surface area contributed by atoms with Gasteiger partial charge in [0.15, 0.2) is 0 Å². The van der Waals surface area contributed by atoms with Crippen molar-refractivity contribution in [3.05, 3.63) is 198 Å². The van der Waals surface area contributed by atoms with Gasteiger partial charge in [0.1, 0.15) is 0 Å². The third-order valence-corrected chi connectivity index (χ3v) is 10.8. The van der Waals surface area contributed by atoms with Crippen molar-refractivity contribution in [1.82, 2.24) is 13.7 Å². The molecule has 0 saturated carbocycles. The highest BCUT2D eigenvalue weighted by Crippen LogP contribution is 2.42. The summed E-state index contributed by atoms with van der Waals surface area (Å²) in [6.07, 6.45) is 0. The largest absolute Gasteiger partial charge is 0.308 e. The molecule has 0 aliphatic rings. The number of nitrogens with zero attached hydrogens (tertiary/aromatic N) is 3. The van der Waals surface area contributed by atoms with E-state index < -0.39 is 0 Å². The van der Waals surface area contributed by atoms with Gasteiger partial charge >= 0.3 is 0 Å². The number of aromatic nitrogens is 3. The molecular weight excluding hydrogens is 647 g/mol. The Bertz CT molecular complexity index is 3260. The van der Waals surface area contributed by atoms with Crippen LogP contribution in [0.15, 0.2) is 193 Å². The number of pyridine rings is 1. The van der Waals surface area contributed by atoms with Crippen molar-refractivity contribution in [2.24, 2.45) is 0 Å². The summed E-state index contributed by atoms with van der Waals surface area (Å²) in [5, 5.41) is 7.07. The minimum Gasteiger partial charge on any atom is -0.308 e. The monoisotopic (exact) mass is 677 g/mol. The number of para-hydroxylation sites is 4. The lowest BCUT2D eigenvalue weighted by Gasteiger charge is -2.18. The highest BCUT2D eigenvalue weighted by atomic mass is 16.1. The molecule has 0 aliphatic heterocycles. The van der Waals surface area contributed by atoms with Crippen LogP contribution in [0, 0.1) is 0 Å². The Kier molecular flexibility index (Phi) is 6.37. The molecule has 3 heterocycles. The van der Waals surface area contributed by atoms with E-state index in [1.165, 1.54) is 0 Å². The highest BCUT2D eigenvalue weighted by molar-refractivity contribution is 6.26. The van der Waals surface area contributed by atoms with Crippen LogP contribution in [-0.4, -0.2) is 13.7 Å². The zero-order chi connectivity index (χ0) is 35.0. The first-order chi connectivity index (χ1) is 26.3. The molecule has 11 aromatic rings. The Balaban J connectivity index is 1.37. The van der Waals surface area contributed by atoms with Gasteiger partial charge in [0.25, 0.3) is 5.56 Å². The zero-order valence-corrected chi connectivity index (χ0v) is 28.6. The van der Waals surface area contributed by atoms with E-state index >= 15 is 4.79 Å². The predicted molar refractivity (Wildman–Crippen MR) is 221 cm³/mol. The summed E-state index contributed by atoms with van der Waals surface area (Å²) in [5.74, 6) is 0. The number of fused-ring (bicyclic) bond motifs is 11. The number of hydrogen-bond donors (Lipinski definition) is 0. The van der Waals surface area contributed by atoms with Crippen molar-refractivity contribution in [2.45, 2.75) is 0 Å². The summed E-state index contributed by atoms with van der Waals surface area (Å²) in [5.41, 5.74) is 10.0. The number of benzene rings is 8. The Hall–Kier alpha value is -7.17. The van der Waals surface area contributed by atoms with Crippen LogP contribution in [0.2, 0.25) is 0 Å². The van der Waals surface area contributed by atoms with E-state index in [2.05, 4.69) is 179 Å². The van der Waals surface area contributed by atoms with Gasteiger partial charge in [-0.15, -0.1) is 0 Å². The number of hydrogen-bond acceptors (Lipinski definition) is 1. The Labute approximate surface area is 304 Å². The van der Waals surface area contributed by atoms with E-state index in [9.17, 15) is 0 Å². The zero-order valence-electron chi connectivity index (χ0n) is 28.6. The standard InChI is InChI=1S/C49H31N3O/c53-49-45-39(28-29-40-37-20-10-12-22-43(37)50(46(40)45)34-16-6-2-7-17-34)42-31-30-41-38-21-11-13-23-44(38)51(35-18-8-3-9-19-35)47(41)48(42)52(49)36-26-24-33(25-27-36)32-14-4-1-5-15-32/h1-31H. The van der Waals surface area contributed by atoms with Crippen LogP contribution in [-0.2, 0) is 0 Å². The predicted octanol–water partition coefficient (Wildman–Crippen LogP) is 12.0. The number of rotatable bonds is 4. The molecule has 248 valence electrons. The molecule has 53 heavy (non-hydrogen) atoms. The summed E-state index contributed by atoms with van der Waals surface area (Å²) in [7, 11) is 0. The molecule has 0 saturated heterocycles. The fraction of sp³-hybridized carbons (Fsp3) is 0. The third-order valence-electron chi connectivity index (χ3n) is 10.8. The SMILES string of the molecule is O=c1c2c(ccc3c4ccccc4n(-c4ccccc4)c32)c2ccc3c4ccccc4n(-c4ccccc4)c3c2n1-c1ccc(-c2ccccc2)cc1. The fourth-order valence-corrected chi connectivity index (χ4v) is 8.57. The lowest BCUT2D eigenvalue weighted by atomic mass is 10.00. The molecule has 0 aliphatic carbocycles. The van der Waals surface area contributed by atoms with Gasteiger partial charge in [-0.1, -0.05) is 140 Å². The summed E-state index contributed by atoms with van der Waals surface area (Å²) in [4.78, 5) is 15.8. The van der Waals surface area contributed by atoms with Gasteiger partial charge in [0.05, 0.1) is 33.0 Å². The van der Waals surface area contributed by atoms with Crippen molar-refractivity contribution in [1.29, 1.82) is 0 Å². The summed E-state index contributed by atoms with van der Waals surface area (Å²) >= 11 is 0. The summed E-state index contributed by atoms with van der Waals surface area (Å²) in [6, 6.07) is 65.5. The lowest BCUT2D eigenvalue weighted by Crippen LogP contribution is -2.20. The van der Waals surface area contributed by atoms with E-state index in [0.29, 0.717) is 5.39 Å². The van der Waals surface area contributed by atoms with Crippen LogP contribution >= 0.6 is 0 Å². The van der Waals surface area contributed by atoms with E-state index in [-0.39, 0.29) is 5.56 Å². The van der Waals surface area contributed by atoms with Crippen LogP contribution < -0.4 is 5.56 Å². The lowest BCUT2D eigenvalue weighted by molar-refractivity contribution is 1.06. The molecule has 0 spiro atoms. The second kappa shape index (κ2) is 11.4. The van der Waals surface area contributed by atoms with E-state index in [1.54, 1.807) is 0 Å². The molecule has 0 fully saturated rings. The van der Waals surface area contributed by atoms with E-state index in [4.69, 9.17) is 0 Å². The summed E-state index contributed by atoms with van der Waals surface area (Å²) in [6.45, 7) is 0. The van der Waals surface area contributed by atoms with E-state index in [1.807, 2.05) is 22.8 Å². The van der Waals surface area contributed by atoms with Gasteiger partial charge in [-0.2, -0.15) is 0 Å². The Morgan fingerprint density at radius 1 is 0.283 bits per heavy atom. The average molecular weight is 678 g/mol. The average Bonchev–Trinajstić information content (AvgIpc) is 3.75. The molecule has 0 atom stereocenters. The molecule has 0 unspecified atom stereocenters. The maximum Gasteiger partial charge on any atom is 0.265 e. The minimum absolute atomic E-state index is 0.0529. The molecule has 0 N–H and O–H groups in total. The van der Waals surface area contributed by atoms with Crippen molar-refractivity contribution < 1.29 is 0 Å². The van der Waals surface area contributed by atoms with Crippen molar-refractivity contribution in [2.75, 3.05) is 0 Å². The van der Waals surface area contributed by atoms with Crippen LogP contribution in [0.25, 0.3) is 93.5 Å². The van der Waals surface area contributed by atoms with Crippen molar-refractivity contribution in [3.63, 3.8) is 0 Å². The first kappa shape index (κ1) is 29.5. The van der Waals surface area contributed by atoms with Crippen LogP contribution in [0.3, 0.4) is 0 Å². The second-order valence-electron chi connectivity index (χ2n) is 13.7. The molecule has 3 aromatic heterocycles. The maximum atomic E-state index is 15.8. The Morgan fingerprint density at radius 2 is 0.679 bits per heavy atom. The Morgan fingerprint density at radius 3 is 1.26 bits per heavy atom. The molecule has 4 nitrogen and oxygen atoms in total. The highest BCUT2D eigenvalue weighted by Gasteiger charge is 2.24. The van der Waals surface area contributed by atoms with Gasteiger partial charge in [0, 0.05) is 44.0 Å². The maximum absolute atomic E-state index is 15.8. The molecule has 0 radical (unpaired) electrons. The quantitative estimate of drug-likeness (QED) is 0.171. The van der Waals surface area contributed by atoms with Crippen LogP contribution in [0.5, 0.6) is 0 Å². The topological polar surface area (TPSA) is 31.9 Å². The van der Waals surface area contributed by atoms with Gasteiger partial charge in [-0.25, -0.2) is 0 Å². The first-order valence-corrected chi connectivity index (χ1v) is 18.0. The van der Waals surface area contributed by atoms with Gasteiger partial charge in [-0.3, -0.25) is 9.36 Å². The van der Waals surface area contributed by atoms with E-state index in [0.717, 1.165) is 88.1 Å². The smallest absolute Gasteiger partial charge is 0.265 e. The van der Waals surface area contributed by atoms with Gasteiger partial charge in [-0.05, 0) is 65.0 Å². The fourth-order valence-electron chi connectivity index (χ4n) is 8.57. The van der Waals surface area contributed by atoms with Crippen LogP contribution in [0.4, 0.5) is 0 Å². The molecule has 11 rings (SSSR count). The normalized spacial score (nSPS) is 11.8. The van der Waals surface area contributed by atoms with Gasteiger partial charge in [0.2, 0.25) is 0 Å². The van der Waals surface area contributed by atoms with Gasteiger partial charge < -0.3 is 9.13 Å². The van der Waals surface area contributed by atoms with Crippen molar-refractivity contribution >= 4 is 65.3 Å². The third kappa shape index (κ3) is 4.27. The molecular formula is C49H31N3O. The molecule has 4 heteroatoms. The summed E-state index contributed by atoms with van der Waals surface area (Å²) < 4.78 is 6.56. The second-order valence-corrected chi connectivity index (χ2v) is 13.7. The molecule has 0 bridgehead atoms. The minimum atomic E-state index is -0.0529. The van der Waals surface area contributed by atoms with Crippen molar-refractivity contribution in [3.8, 4) is 28.2 Å².